The van der Waals surface area contributed by atoms with E-state index in [0.717, 1.165) is 35.1 Å². The van der Waals surface area contributed by atoms with Gasteiger partial charge >= 0.3 is 0 Å². The minimum atomic E-state index is -0.713. The fourth-order valence-electron chi connectivity index (χ4n) is 2.06. The van der Waals surface area contributed by atoms with Crippen LogP contribution in [0.4, 0.5) is 14.5 Å². The van der Waals surface area contributed by atoms with E-state index in [4.69, 9.17) is 0 Å². The Kier molecular flexibility index (Phi) is 4.25. The number of amides is 1. The van der Waals surface area contributed by atoms with Crippen LogP contribution in [0.3, 0.4) is 0 Å². The molecule has 3 rings (SSSR count). The molecule has 6 heteroatoms. The summed E-state index contributed by atoms with van der Waals surface area (Å²) in [6.07, 6.45) is 1.20. The number of halogens is 2. The Bertz CT molecular complexity index is 826. The van der Waals surface area contributed by atoms with Gasteiger partial charge in [-0.2, -0.15) is 0 Å². The number of aliphatic imine (C=N–C) groups is 1. The summed E-state index contributed by atoms with van der Waals surface area (Å²) in [4.78, 5) is 16.5. The molecular formula is C17H12F2N2OS. The molecule has 0 aromatic heterocycles. The average Bonchev–Trinajstić information content (AvgIpc) is 2.85. The smallest absolute Gasteiger partial charge is 0.264 e. The van der Waals surface area contributed by atoms with Crippen molar-refractivity contribution < 1.29 is 13.6 Å². The number of hydrogen-bond acceptors (Lipinski definition) is 3. The van der Waals surface area contributed by atoms with Crippen LogP contribution in [0.25, 0.3) is 6.08 Å². The van der Waals surface area contributed by atoms with E-state index in [1.807, 2.05) is 31.2 Å². The maximum Gasteiger partial charge on any atom is 0.264 e. The third-order valence-electron chi connectivity index (χ3n) is 3.26. The standard InChI is InChI=1S/C17H12F2N2OS/c1-10-5-2-3-8-14(10)20-17-21-16(22)15(23-17)9-11-12(18)6-4-7-13(11)19/h2-9H,1H3,(H,20,21,22)/b15-9+. The Balaban J connectivity index is 1.91. The number of thioether (sulfide) groups is 1. The maximum absolute atomic E-state index is 13.7. The van der Waals surface area contributed by atoms with E-state index in [1.54, 1.807) is 0 Å². The first-order valence-electron chi connectivity index (χ1n) is 6.84. The summed E-state index contributed by atoms with van der Waals surface area (Å²) >= 11 is 1.05. The van der Waals surface area contributed by atoms with Gasteiger partial charge in [-0.05, 0) is 48.5 Å². The minimum Gasteiger partial charge on any atom is -0.300 e. The van der Waals surface area contributed by atoms with Crippen LogP contribution in [-0.2, 0) is 4.79 Å². The topological polar surface area (TPSA) is 41.5 Å². The summed E-state index contributed by atoms with van der Waals surface area (Å²) in [7, 11) is 0. The van der Waals surface area contributed by atoms with Crippen molar-refractivity contribution in [3.8, 4) is 0 Å². The van der Waals surface area contributed by atoms with Crippen molar-refractivity contribution in [1.82, 2.24) is 5.32 Å². The van der Waals surface area contributed by atoms with Crippen molar-refractivity contribution in [3.63, 3.8) is 0 Å². The van der Waals surface area contributed by atoms with Gasteiger partial charge in [-0.1, -0.05) is 24.3 Å². The van der Waals surface area contributed by atoms with Crippen molar-refractivity contribution in [1.29, 1.82) is 0 Å². The van der Waals surface area contributed by atoms with Crippen LogP contribution in [0.1, 0.15) is 11.1 Å². The lowest BCUT2D eigenvalue weighted by Gasteiger charge is -2.00. The fraction of sp³-hybridized carbons (Fsp3) is 0.0588. The monoisotopic (exact) mass is 330 g/mol. The number of carbonyl (C=O) groups excluding carboxylic acids is 1. The summed E-state index contributed by atoms with van der Waals surface area (Å²) in [5, 5.41) is 2.98. The Morgan fingerprint density at radius 3 is 2.48 bits per heavy atom. The molecule has 1 aliphatic heterocycles. The van der Waals surface area contributed by atoms with Crippen LogP contribution in [0, 0.1) is 18.6 Å². The van der Waals surface area contributed by atoms with Gasteiger partial charge in [0.1, 0.15) is 11.6 Å². The Morgan fingerprint density at radius 2 is 1.78 bits per heavy atom. The highest BCUT2D eigenvalue weighted by Gasteiger charge is 2.25. The van der Waals surface area contributed by atoms with Gasteiger partial charge in [0.15, 0.2) is 5.17 Å². The molecule has 2 aromatic rings. The quantitative estimate of drug-likeness (QED) is 0.840. The number of nitrogens with one attached hydrogen (secondary N) is 1. The lowest BCUT2D eigenvalue weighted by Crippen LogP contribution is -2.19. The first kappa shape index (κ1) is 15.4. The number of amidine groups is 1. The van der Waals surface area contributed by atoms with E-state index in [1.165, 1.54) is 12.1 Å². The highest BCUT2D eigenvalue weighted by atomic mass is 32.2. The number of benzene rings is 2. The zero-order valence-corrected chi connectivity index (χ0v) is 13.0. The van der Waals surface area contributed by atoms with Crippen molar-refractivity contribution in [3.05, 3.63) is 70.1 Å². The molecule has 0 spiro atoms. The predicted molar refractivity (Wildman–Crippen MR) is 88.3 cm³/mol. The predicted octanol–water partition coefficient (Wildman–Crippen LogP) is 4.16. The molecule has 0 bridgehead atoms. The molecule has 1 N–H and O–H groups in total. The van der Waals surface area contributed by atoms with Gasteiger partial charge in [0.2, 0.25) is 0 Å². The molecule has 0 aliphatic carbocycles. The van der Waals surface area contributed by atoms with E-state index < -0.39 is 17.5 Å². The number of aryl methyl sites for hydroxylation is 1. The van der Waals surface area contributed by atoms with E-state index >= 15 is 0 Å². The summed E-state index contributed by atoms with van der Waals surface area (Å²) in [6.45, 7) is 1.91. The zero-order chi connectivity index (χ0) is 16.4. The second-order valence-electron chi connectivity index (χ2n) is 4.90. The number of nitrogens with zero attached hydrogens (tertiary/aromatic N) is 1. The van der Waals surface area contributed by atoms with Gasteiger partial charge in [0.05, 0.1) is 10.6 Å². The first-order valence-corrected chi connectivity index (χ1v) is 7.65. The molecule has 1 saturated heterocycles. The molecule has 0 saturated carbocycles. The van der Waals surface area contributed by atoms with Crippen molar-refractivity contribution in [2.24, 2.45) is 4.99 Å². The molecule has 1 aliphatic rings. The Hall–Kier alpha value is -2.47. The summed E-state index contributed by atoms with van der Waals surface area (Å²) < 4.78 is 27.3. The van der Waals surface area contributed by atoms with Gasteiger partial charge in [0.25, 0.3) is 5.91 Å². The van der Waals surface area contributed by atoms with Gasteiger partial charge in [-0.25, -0.2) is 13.8 Å². The lowest BCUT2D eigenvalue weighted by atomic mass is 10.2. The van der Waals surface area contributed by atoms with Gasteiger partial charge < -0.3 is 5.32 Å². The molecule has 1 amide bonds. The molecule has 116 valence electrons. The average molecular weight is 330 g/mol. The number of hydrogen-bond donors (Lipinski definition) is 1. The highest BCUT2D eigenvalue weighted by molar-refractivity contribution is 8.18. The van der Waals surface area contributed by atoms with E-state index in [9.17, 15) is 13.6 Å². The molecular weight excluding hydrogens is 318 g/mol. The Morgan fingerprint density at radius 1 is 1.09 bits per heavy atom. The Labute approximate surface area is 136 Å². The van der Waals surface area contributed by atoms with Gasteiger partial charge in [0, 0.05) is 5.56 Å². The SMILES string of the molecule is Cc1ccccc1N=C1NC(=O)/C(=C\c2c(F)cccc2F)S1. The van der Waals surface area contributed by atoms with E-state index in [0.29, 0.717) is 5.17 Å². The van der Waals surface area contributed by atoms with Crippen LogP contribution in [0.2, 0.25) is 0 Å². The van der Waals surface area contributed by atoms with Crippen LogP contribution >= 0.6 is 11.8 Å². The minimum absolute atomic E-state index is 0.196. The zero-order valence-electron chi connectivity index (χ0n) is 12.1. The third-order valence-corrected chi connectivity index (χ3v) is 4.17. The third kappa shape index (κ3) is 3.32. The molecule has 1 heterocycles. The van der Waals surface area contributed by atoms with Crippen molar-refractivity contribution >= 4 is 34.6 Å². The molecule has 2 aromatic carbocycles. The molecule has 23 heavy (non-hydrogen) atoms. The van der Waals surface area contributed by atoms with Gasteiger partial charge in [-0.15, -0.1) is 0 Å². The molecule has 1 fully saturated rings. The second kappa shape index (κ2) is 6.34. The largest absolute Gasteiger partial charge is 0.300 e. The molecule has 3 nitrogen and oxygen atoms in total. The van der Waals surface area contributed by atoms with Crippen LogP contribution in [0.5, 0.6) is 0 Å². The summed E-state index contributed by atoms with van der Waals surface area (Å²) in [5.74, 6) is -1.85. The lowest BCUT2D eigenvalue weighted by molar-refractivity contribution is -0.115. The van der Waals surface area contributed by atoms with Crippen LogP contribution in [-0.4, -0.2) is 11.1 Å². The highest BCUT2D eigenvalue weighted by Crippen LogP contribution is 2.30. The van der Waals surface area contributed by atoms with Crippen molar-refractivity contribution in [2.75, 3.05) is 0 Å². The fourth-order valence-corrected chi connectivity index (χ4v) is 2.88. The second-order valence-corrected chi connectivity index (χ2v) is 5.93. The van der Waals surface area contributed by atoms with Crippen LogP contribution in [0.15, 0.2) is 52.4 Å². The normalized spacial score (nSPS) is 17.8. The van der Waals surface area contributed by atoms with E-state index in [-0.39, 0.29) is 10.5 Å². The maximum atomic E-state index is 13.7. The van der Waals surface area contributed by atoms with Gasteiger partial charge in [-0.3, -0.25) is 4.79 Å². The summed E-state index contributed by atoms with van der Waals surface area (Å²) in [5.41, 5.74) is 1.46. The first-order chi connectivity index (χ1) is 11.0. The number of carbonyl (C=O) groups is 1. The number of para-hydroxylation sites is 1. The van der Waals surface area contributed by atoms with Crippen molar-refractivity contribution in [2.45, 2.75) is 6.92 Å². The van der Waals surface area contributed by atoms with Crippen LogP contribution < -0.4 is 5.32 Å². The number of rotatable bonds is 2. The van der Waals surface area contributed by atoms with E-state index in [2.05, 4.69) is 10.3 Å². The molecule has 0 unspecified atom stereocenters. The molecule has 0 atom stereocenters. The molecule has 0 radical (unpaired) electrons. The summed E-state index contributed by atoms with van der Waals surface area (Å²) in [6, 6.07) is 11.1.